The van der Waals surface area contributed by atoms with E-state index in [0.717, 1.165) is 46.9 Å². The zero-order chi connectivity index (χ0) is 43.5. The SMILES string of the molecule is COC(=O)NC(C(=O)N1CCCC1c1ncc(-c2ccc3cc(-c4ccc(-c5cnc(C6CCCN6C(=O)C(NC(=O)OC)C(C)C)[nH]5)cc4F)ccc3c2)[nH]1)c1ccccc1. The predicted molar refractivity (Wildman–Crippen MR) is 231 cm³/mol. The van der Waals surface area contributed by atoms with Crippen molar-refractivity contribution < 1.29 is 33.0 Å². The lowest BCUT2D eigenvalue weighted by molar-refractivity contribution is -0.135. The summed E-state index contributed by atoms with van der Waals surface area (Å²) >= 11 is 0. The summed E-state index contributed by atoms with van der Waals surface area (Å²) in [4.78, 5) is 71.3. The molecule has 0 spiro atoms. The number of rotatable bonds is 11. The second-order valence-corrected chi connectivity index (χ2v) is 16.1. The first-order valence-corrected chi connectivity index (χ1v) is 20.8. The quantitative estimate of drug-likeness (QED) is 0.101. The third-order valence-corrected chi connectivity index (χ3v) is 11.9. The number of methoxy groups -OCH3 is 2. The van der Waals surface area contributed by atoms with Gasteiger partial charge in [0.05, 0.1) is 50.1 Å². The topological polar surface area (TPSA) is 175 Å². The van der Waals surface area contributed by atoms with Gasteiger partial charge in [-0.3, -0.25) is 9.59 Å². The zero-order valence-electron chi connectivity index (χ0n) is 35.0. The Morgan fingerprint density at radius 3 is 1.81 bits per heavy atom. The first-order chi connectivity index (χ1) is 30.0. The number of aromatic amines is 2. The number of likely N-dealkylation sites (tertiary alicyclic amines) is 2. The van der Waals surface area contributed by atoms with Crippen molar-refractivity contribution in [3.8, 4) is 33.6 Å². The number of benzene rings is 4. The molecule has 4 aromatic carbocycles. The monoisotopic (exact) mass is 840 g/mol. The number of hydrogen-bond acceptors (Lipinski definition) is 8. The van der Waals surface area contributed by atoms with Gasteiger partial charge in [-0.2, -0.15) is 0 Å². The van der Waals surface area contributed by atoms with Crippen LogP contribution < -0.4 is 10.6 Å². The first kappa shape index (κ1) is 41.7. The van der Waals surface area contributed by atoms with Crippen LogP contribution in [0.1, 0.15) is 74.9 Å². The van der Waals surface area contributed by atoms with Gasteiger partial charge in [0, 0.05) is 29.8 Å². The molecule has 4 unspecified atom stereocenters. The van der Waals surface area contributed by atoms with Crippen molar-refractivity contribution in [3.63, 3.8) is 0 Å². The number of H-pyrrole nitrogens is 2. The van der Waals surface area contributed by atoms with Crippen molar-refractivity contribution in [3.05, 3.63) is 120 Å². The third-order valence-electron chi connectivity index (χ3n) is 11.9. The number of halogens is 1. The first-order valence-electron chi connectivity index (χ1n) is 20.8. The molecule has 0 saturated carbocycles. The number of nitrogens with one attached hydrogen (secondary N) is 4. The number of fused-ring (bicyclic) bond motifs is 1. The molecular formula is C47H49FN8O6. The molecule has 2 aromatic heterocycles. The Kier molecular flexibility index (Phi) is 12.0. The number of nitrogens with zero attached hydrogens (tertiary/aromatic N) is 4. The van der Waals surface area contributed by atoms with Gasteiger partial charge in [0.25, 0.3) is 5.91 Å². The Bertz CT molecular complexity index is 2610. The van der Waals surface area contributed by atoms with E-state index in [-0.39, 0.29) is 35.6 Å². The molecule has 6 aromatic rings. The highest BCUT2D eigenvalue weighted by Crippen LogP contribution is 2.37. The van der Waals surface area contributed by atoms with Gasteiger partial charge in [0.1, 0.15) is 29.5 Å². The smallest absolute Gasteiger partial charge is 0.407 e. The molecule has 0 bridgehead atoms. The molecule has 2 saturated heterocycles. The van der Waals surface area contributed by atoms with E-state index in [9.17, 15) is 19.2 Å². The number of carbonyl (C=O) groups excluding carboxylic acids is 4. The van der Waals surface area contributed by atoms with Crippen LogP contribution in [0.25, 0.3) is 44.4 Å². The van der Waals surface area contributed by atoms with Crippen LogP contribution in [0.4, 0.5) is 14.0 Å². The molecule has 2 aliphatic heterocycles. The summed E-state index contributed by atoms with van der Waals surface area (Å²) in [5.41, 5.74) is 4.80. The van der Waals surface area contributed by atoms with Gasteiger partial charge in [-0.25, -0.2) is 23.9 Å². The second-order valence-electron chi connectivity index (χ2n) is 16.1. The molecule has 320 valence electrons. The minimum atomic E-state index is -0.906. The van der Waals surface area contributed by atoms with Crippen LogP contribution in [-0.2, 0) is 19.1 Å². The van der Waals surface area contributed by atoms with Crippen LogP contribution in [-0.4, -0.2) is 87.1 Å². The maximum absolute atomic E-state index is 15.9. The molecule has 4 amide bonds. The lowest BCUT2D eigenvalue weighted by atomic mass is 9.98. The van der Waals surface area contributed by atoms with E-state index in [1.165, 1.54) is 20.3 Å². The molecule has 14 nitrogen and oxygen atoms in total. The van der Waals surface area contributed by atoms with Crippen molar-refractivity contribution in [2.45, 2.75) is 63.7 Å². The highest BCUT2D eigenvalue weighted by molar-refractivity contribution is 5.91. The summed E-state index contributed by atoms with van der Waals surface area (Å²) in [7, 11) is 2.53. The molecule has 0 radical (unpaired) electrons. The van der Waals surface area contributed by atoms with Gasteiger partial charge in [-0.1, -0.05) is 80.6 Å². The molecule has 62 heavy (non-hydrogen) atoms. The number of alkyl carbamates (subject to hydrolysis) is 2. The number of hydrogen-bond donors (Lipinski definition) is 4. The van der Waals surface area contributed by atoms with Gasteiger partial charge >= 0.3 is 12.2 Å². The second kappa shape index (κ2) is 17.9. The van der Waals surface area contributed by atoms with Gasteiger partial charge < -0.3 is 39.9 Å². The average Bonchev–Trinajstić information content (AvgIpc) is 4.14. The molecule has 15 heteroatoms. The fraction of sp³-hybridized carbons (Fsp3) is 0.319. The summed E-state index contributed by atoms with van der Waals surface area (Å²) in [6, 6.07) is 23.8. The van der Waals surface area contributed by atoms with E-state index in [1.807, 2.05) is 74.5 Å². The number of ether oxygens (including phenoxy) is 2. The molecule has 2 aliphatic rings. The Balaban J connectivity index is 0.961. The van der Waals surface area contributed by atoms with E-state index < -0.39 is 24.3 Å². The summed E-state index contributed by atoms with van der Waals surface area (Å²) in [5, 5.41) is 7.26. The fourth-order valence-electron chi connectivity index (χ4n) is 8.59. The van der Waals surface area contributed by atoms with Crippen LogP contribution in [0.5, 0.6) is 0 Å². The van der Waals surface area contributed by atoms with Crippen molar-refractivity contribution in [1.82, 2.24) is 40.4 Å². The molecule has 8 rings (SSSR count). The third kappa shape index (κ3) is 8.47. The summed E-state index contributed by atoms with van der Waals surface area (Å²) in [6.07, 6.45) is 5.08. The predicted octanol–water partition coefficient (Wildman–Crippen LogP) is 8.23. The van der Waals surface area contributed by atoms with Crippen molar-refractivity contribution in [1.29, 1.82) is 0 Å². The van der Waals surface area contributed by atoms with Crippen LogP contribution in [0.3, 0.4) is 0 Å². The minimum Gasteiger partial charge on any atom is -0.453 e. The van der Waals surface area contributed by atoms with Gasteiger partial charge in [0.2, 0.25) is 5.91 Å². The van der Waals surface area contributed by atoms with Crippen LogP contribution in [0.2, 0.25) is 0 Å². The van der Waals surface area contributed by atoms with Crippen LogP contribution in [0.15, 0.2) is 97.3 Å². The maximum Gasteiger partial charge on any atom is 0.407 e. The number of amides is 4. The lowest BCUT2D eigenvalue weighted by Gasteiger charge is -2.30. The maximum atomic E-state index is 15.9. The van der Waals surface area contributed by atoms with E-state index in [4.69, 9.17) is 14.5 Å². The summed E-state index contributed by atoms with van der Waals surface area (Å²) in [5.74, 6) is 0.295. The normalized spacial score (nSPS) is 17.3. The molecule has 4 N–H and O–H groups in total. The standard InChI is InChI=1S/C47H49FN8O6/c1-27(2)40(53-46(59)61-3)44(57)55-20-8-12-38(55)42-50-26-37(52-42)33-18-19-34(35(48)24-33)31-16-14-30-23-32(17-15-29(30)22-31)36-25-49-43(51-36)39-13-9-21-56(39)45(58)41(54-47(60)62-4)28-10-6-5-7-11-28/h5-7,10-11,14-19,22-27,38-41H,8-9,12-13,20-21H2,1-4H3,(H,49,51)(H,50,52)(H,53,59)(H,54,60). The molecular weight excluding hydrogens is 792 g/mol. The van der Waals surface area contributed by atoms with Crippen molar-refractivity contribution in [2.24, 2.45) is 5.92 Å². The number of carbonyl (C=O) groups is 4. The Morgan fingerprint density at radius 2 is 1.23 bits per heavy atom. The minimum absolute atomic E-state index is 0.151. The fourth-order valence-corrected chi connectivity index (χ4v) is 8.59. The Morgan fingerprint density at radius 1 is 0.694 bits per heavy atom. The molecule has 0 aliphatic carbocycles. The van der Waals surface area contributed by atoms with E-state index in [2.05, 4.69) is 25.6 Å². The highest BCUT2D eigenvalue weighted by atomic mass is 19.1. The largest absolute Gasteiger partial charge is 0.453 e. The average molecular weight is 841 g/mol. The van der Waals surface area contributed by atoms with Gasteiger partial charge in [-0.05, 0) is 71.7 Å². The molecule has 4 heterocycles. The van der Waals surface area contributed by atoms with E-state index in [1.54, 1.807) is 40.4 Å². The van der Waals surface area contributed by atoms with Crippen LogP contribution >= 0.6 is 0 Å². The van der Waals surface area contributed by atoms with E-state index >= 15 is 4.39 Å². The van der Waals surface area contributed by atoms with Crippen molar-refractivity contribution >= 4 is 34.8 Å². The van der Waals surface area contributed by atoms with E-state index in [0.29, 0.717) is 53.5 Å². The molecule has 4 atom stereocenters. The van der Waals surface area contributed by atoms with Gasteiger partial charge in [-0.15, -0.1) is 0 Å². The number of aromatic nitrogens is 4. The molecule has 2 fully saturated rings. The zero-order valence-corrected chi connectivity index (χ0v) is 35.0. The van der Waals surface area contributed by atoms with Crippen LogP contribution in [0, 0.1) is 11.7 Å². The summed E-state index contributed by atoms with van der Waals surface area (Å²) in [6.45, 7) is 4.80. The summed E-state index contributed by atoms with van der Waals surface area (Å²) < 4.78 is 25.5. The Hall–Kier alpha value is -7.03. The number of imidazole rings is 2. The highest BCUT2D eigenvalue weighted by Gasteiger charge is 2.39. The lowest BCUT2D eigenvalue weighted by Crippen LogP contribution is -2.51. The van der Waals surface area contributed by atoms with Gasteiger partial charge in [0.15, 0.2) is 0 Å². The van der Waals surface area contributed by atoms with Crippen molar-refractivity contribution in [2.75, 3.05) is 27.3 Å². The Labute approximate surface area is 358 Å².